The van der Waals surface area contributed by atoms with Crippen molar-refractivity contribution in [2.45, 2.75) is 26.8 Å². The van der Waals surface area contributed by atoms with Crippen LogP contribution in [-0.2, 0) is 4.79 Å². The van der Waals surface area contributed by atoms with Crippen molar-refractivity contribution in [3.8, 4) is 0 Å². The Bertz CT molecular complexity index is 815. The van der Waals surface area contributed by atoms with E-state index < -0.39 is 22.7 Å². The van der Waals surface area contributed by atoms with Crippen LogP contribution in [0.3, 0.4) is 0 Å². The fourth-order valence-electron chi connectivity index (χ4n) is 2.25. The van der Waals surface area contributed by atoms with Crippen molar-refractivity contribution in [3.63, 3.8) is 0 Å². The third-order valence-corrected chi connectivity index (χ3v) is 3.50. The Hall–Kier alpha value is -3.10. The van der Waals surface area contributed by atoms with E-state index >= 15 is 0 Å². The number of carbonyl (C=O) groups excluding carboxylic acids is 1. The number of hydrogen-bond acceptors (Lipinski definition) is 5. The lowest BCUT2D eigenvalue weighted by Gasteiger charge is -2.11. The van der Waals surface area contributed by atoms with Gasteiger partial charge in [0, 0.05) is 5.56 Å². The smallest absolute Gasteiger partial charge is 0.271 e. The first kappa shape index (κ1) is 17.3. The van der Waals surface area contributed by atoms with E-state index in [0.29, 0.717) is 0 Å². The average molecular weight is 333 g/mol. The first-order chi connectivity index (χ1) is 11.3. The molecule has 2 rings (SSSR count). The fraction of sp³-hybridized carbons (Fsp3) is 0.267. The molecule has 9 heteroatoms. The number of nitrogens with zero attached hydrogens (tertiary/aromatic N) is 4. The summed E-state index contributed by atoms with van der Waals surface area (Å²) in [5, 5.41) is 18.7. The Morgan fingerprint density at radius 3 is 2.71 bits per heavy atom. The molecule has 1 aromatic carbocycles. The number of aromatic nitrogens is 2. The molecule has 1 unspecified atom stereocenters. The summed E-state index contributed by atoms with van der Waals surface area (Å²) in [5.41, 5.74) is 2.89. The number of benzene rings is 1. The Morgan fingerprint density at radius 1 is 1.46 bits per heavy atom. The Kier molecular flexibility index (Phi) is 5.02. The van der Waals surface area contributed by atoms with Gasteiger partial charge < -0.3 is 0 Å². The van der Waals surface area contributed by atoms with Gasteiger partial charge in [0.2, 0.25) is 0 Å². The fourth-order valence-corrected chi connectivity index (χ4v) is 2.25. The first-order valence-corrected chi connectivity index (χ1v) is 7.10. The zero-order valence-electron chi connectivity index (χ0n) is 13.4. The van der Waals surface area contributed by atoms with Crippen LogP contribution in [0.1, 0.15) is 29.9 Å². The Morgan fingerprint density at radius 2 is 2.12 bits per heavy atom. The molecule has 24 heavy (non-hydrogen) atoms. The van der Waals surface area contributed by atoms with Gasteiger partial charge in [0.25, 0.3) is 5.91 Å². The summed E-state index contributed by atoms with van der Waals surface area (Å²) in [6.45, 7) is 4.56. The highest BCUT2D eigenvalue weighted by Crippen LogP contribution is 2.24. The second-order valence-corrected chi connectivity index (χ2v) is 5.15. The van der Waals surface area contributed by atoms with Crippen molar-refractivity contribution >= 4 is 17.8 Å². The summed E-state index contributed by atoms with van der Waals surface area (Å²) in [4.78, 5) is 22.6. The molecule has 1 aromatic heterocycles. The van der Waals surface area contributed by atoms with Gasteiger partial charge in [-0.05, 0) is 26.8 Å². The van der Waals surface area contributed by atoms with Crippen LogP contribution in [0.4, 0.5) is 10.1 Å². The van der Waals surface area contributed by atoms with E-state index in [4.69, 9.17) is 0 Å². The van der Waals surface area contributed by atoms with Crippen molar-refractivity contribution in [2.75, 3.05) is 0 Å². The number of hydrogen-bond donors (Lipinski definition) is 1. The molecule has 0 fully saturated rings. The maximum atomic E-state index is 13.4. The van der Waals surface area contributed by atoms with E-state index in [1.165, 1.54) is 43.8 Å². The van der Waals surface area contributed by atoms with E-state index in [0.717, 1.165) is 0 Å². The van der Waals surface area contributed by atoms with Crippen molar-refractivity contribution in [1.82, 2.24) is 15.2 Å². The quantitative estimate of drug-likeness (QED) is 0.515. The first-order valence-electron chi connectivity index (χ1n) is 7.10. The van der Waals surface area contributed by atoms with Gasteiger partial charge in [-0.15, -0.1) is 0 Å². The number of hydrazone groups is 1. The lowest BCUT2D eigenvalue weighted by atomic mass is 10.2. The number of rotatable bonds is 5. The van der Waals surface area contributed by atoms with Crippen LogP contribution in [0.25, 0.3) is 0 Å². The second-order valence-electron chi connectivity index (χ2n) is 5.15. The standard InChI is InChI=1S/C15H16FN5O3/c1-9-14(21(23)24)10(2)20(19-9)11(3)15(22)18-17-8-12-6-4-5-7-13(12)16/h4-8,11H,1-3H3,(H,18,22)/b17-8+. The largest absolute Gasteiger partial charge is 0.312 e. The minimum atomic E-state index is -0.810. The maximum absolute atomic E-state index is 13.4. The highest BCUT2D eigenvalue weighted by atomic mass is 19.1. The molecule has 1 N–H and O–H groups in total. The molecule has 0 spiro atoms. The summed E-state index contributed by atoms with van der Waals surface area (Å²) >= 11 is 0. The van der Waals surface area contributed by atoms with Gasteiger partial charge in [0.05, 0.1) is 11.1 Å². The zero-order valence-corrected chi connectivity index (χ0v) is 13.4. The predicted molar refractivity (Wildman–Crippen MR) is 85.2 cm³/mol. The number of amides is 1. The van der Waals surface area contributed by atoms with Crippen LogP contribution < -0.4 is 5.43 Å². The predicted octanol–water partition coefficient (Wildman–Crippen LogP) is 2.26. The number of aryl methyl sites for hydroxylation is 1. The molecule has 0 aliphatic rings. The summed E-state index contributed by atoms with van der Waals surface area (Å²) < 4.78 is 14.7. The Labute approximate surface area is 137 Å². The van der Waals surface area contributed by atoms with Gasteiger partial charge in [-0.2, -0.15) is 10.2 Å². The second kappa shape index (κ2) is 6.99. The maximum Gasteiger partial charge on any atom is 0.312 e. The molecule has 0 radical (unpaired) electrons. The van der Waals surface area contributed by atoms with Crippen LogP contribution in [0, 0.1) is 29.8 Å². The van der Waals surface area contributed by atoms with Crippen LogP contribution >= 0.6 is 0 Å². The summed E-state index contributed by atoms with van der Waals surface area (Å²) in [7, 11) is 0. The Balaban J connectivity index is 2.12. The number of nitro groups is 1. The number of halogens is 1. The van der Waals surface area contributed by atoms with Crippen LogP contribution in [0.2, 0.25) is 0 Å². The van der Waals surface area contributed by atoms with Gasteiger partial charge in [0.1, 0.15) is 23.2 Å². The molecule has 1 amide bonds. The molecule has 0 saturated heterocycles. The van der Waals surface area contributed by atoms with Crippen LogP contribution in [0.15, 0.2) is 29.4 Å². The van der Waals surface area contributed by atoms with Gasteiger partial charge in [-0.3, -0.25) is 19.6 Å². The van der Waals surface area contributed by atoms with E-state index in [2.05, 4.69) is 15.6 Å². The molecule has 2 aromatic rings. The topological polar surface area (TPSA) is 102 Å². The minimum absolute atomic E-state index is 0.121. The monoisotopic (exact) mass is 333 g/mol. The van der Waals surface area contributed by atoms with Gasteiger partial charge in [-0.1, -0.05) is 18.2 Å². The molecule has 8 nitrogen and oxygen atoms in total. The molecule has 0 bridgehead atoms. The molecule has 0 aliphatic carbocycles. The van der Waals surface area contributed by atoms with Crippen molar-refractivity contribution in [2.24, 2.45) is 5.10 Å². The molecule has 0 aliphatic heterocycles. The van der Waals surface area contributed by atoms with Crippen LogP contribution in [0.5, 0.6) is 0 Å². The molecular weight excluding hydrogens is 317 g/mol. The zero-order chi connectivity index (χ0) is 17.9. The van der Waals surface area contributed by atoms with Gasteiger partial charge in [-0.25, -0.2) is 9.82 Å². The average Bonchev–Trinajstić information content (AvgIpc) is 2.83. The van der Waals surface area contributed by atoms with E-state index in [1.807, 2.05) is 0 Å². The highest BCUT2D eigenvalue weighted by molar-refractivity contribution is 5.84. The third kappa shape index (κ3) is 3.45. The van der Waals surface area contributed by atoms with Crippen molar-refractivity contribution < 1.29 is 14.1 Å². The van der Waals surface area contributed by atoms with Gasteiger partial charge in [0.15, 0.2) is 0 Å². The molecule has 0 saturated carbocycles. The normalized spacial score (nSPS) is 12.3. The third-order valence-electron chi connectivity index (χ3n) is 3.50. The van der Waals surface area contributed by atoms with E-state index in [-0.39, 0.29) is 22.6 Å². The number of carbonyl (C=O) groups is 1. The lowest BCUT2D eigenvalue weighted by Crippen LogP contribution is -2.28. The molecule has 1 atom stereocenters. The number of nitrogens with one attached hydrogen (secondary N) is 1. The molecule has 126 valence electrons. The summed E-state index contributed by atoms with van der Waals surface area (Å²) in [5.74, 6) is -0.985. The lowest BCUT2D eigenvalue weighted by molar-refractivity contribution is -0.386. The SMILES string of the molecule is Cc1nn(C(C)C(=O)N/N=C/c2ccccc2F)c(C)c1[N+](=O)[O-]. The summed E-state index contributed by atoms with van der Waals surface area (Å²) in [6.07, 6.45) is 1.18. The highest BCUT2D eigenvalue weighted by Gasteiger charge is 2.26. The van der Waals surface area contributed by atoms with Crippen molar-refractivity contribution in [1.29, 1.82) is 0 Å². The molecular formula is C15H16FN5O3. The minimum Gasteiger partial charge on any atom is -0.271 e. The molecule has 1 heterocycles. The van der Waals surface area contributed by atoms with Gasteiger partial charge >= 0.3 is 5.69 Å². The summed E-state index contributed by atoms with van der Waals surface area (Å²) in [6, 6.07) is 5.17. The van der Waals surface area contributed by atoms with Crippen LogP contribution in [-0.4, -0.2) is 26.8 Å². The van der Waals surface area contributed by atoms with E-state index in [1.54, 1.807) is 12.1 Å². The van der Waals surface area contributed by atoms with E-state index in [9.17, 15) is 19.3 Å². The van der Waals surface area contributed by atoms with Crippen molar-refractivity contribution in [3.05, 3.63) is 57.1 Å².